The summed E-state index contributed by atoms with van der Waals surface area (Å²) in [5.41, 5.74) is 1.93. The second kappa shape index (κ2) is 12.9. The van der Waals surface area contributed by atoms with Gasteiger partial charge in [0.15, 0.2) is 0 Å². The third kappa shape index (κ3) is 8.52. The molecule has 0 amide bonds. The third-order valence-corrected chi connectivity index (χ3v) is 4.98. The molecule has 0 saturated heterocycles. The van der Waals surface area contributed by atoms with Gasteiger partial charge in [-0.3, -0.25) is 4.98 Å². The van der Waals surface area contributed by atoms with E-state index in [2.05, 4.69) is 24.1 Å². The first-order valence-corrected chi connectivity index (χ1v) is 11.2. The Morgan fingerprint density at radius 2 is 1.78 bits per heavy atom. The zero-order valence-corrected chi connectivity index (χ0v) is 19.6. The molecule has 0 fully saturated rings. The van der Waals surface area contributed by atoms with Crippen LogP contribution in [0.4, 0.5) is 13.2 Å². The number of aryl methyl sites for hydroxylation is 2. The van der Waals surface area contributed by atoms with Gasteiger partial charge < -0.3 is 14.8 Å². The zero-order chi connectivity index (χ0) is 23.6. The van der Waals surface area contributed by atoms with Crippen molar-refractivity contribution >= 4 is 23.2 Å². The topological polar surface area (TPSA) is 43.4 Å². The summed E-state index contributed by atoms with van der Waals surface area (Å²) in [6, 6.07) is 6.34. The molecule has 1 heterocycles. The molecule has 32 heavy (non-hydrogen) atoms. The molecule has 176 valence electrons. The Bertz CT molecular complexity index is 859. The van der Waals surface area contributed by atoms with Crippen LogP contribution in [0.1, 0.15) is 42.7 Å². The van der Waals surface area contributed by atoms with Crippen molar-refractivity contribution in [1.29, 1.82) is 0 Å². The van der Waals surface area contributed by atoms with Gasteiger partial charge in [0.2, 0.25) is 0 Å². The normalized spacial score (nSPS) is 11.3. The molecule has 1 N–H and O–H groups in total. The number of hydrogen-bond acceptors (Lipinski definition) is 4. The van der Waals surface area contributed by atoms with Crippen LogP contribution in [0.15, 0.2) is 41.0 Å². The van der Waals surface area contributed by atoms with E-state index in [9.17, 15) is 13.2 Å². The third-order valence-electron chi connectivity index (χ3n) is 4.67. The Hall–Kier alpha value is -1.96. The summed E-state index contributed by atoms with van der Waals surface area (Å²) in [5.74, 6) is 1.61. The largest absolute Gasteiger partial charge is 0.493 e. The first-order valence-electron chi connectivity index (χ1n) is 10.4. The molecule has 0 aliphatic heterocycles. The minimum atomic E-state index is -4.37. The number of nitrogens with one attached hydrogen (secondary N) is 1. The van der Waals surface area contributed by atoms with Gasteiger partial charge in [-0.25, -0.2) is 0 Å². The quantitative estimate of drug-likeness (QED) is 0.345. The van der Waals surface area contributed by atoms with Crippen molar-refractivity contribution in [3.05, 3.63) is 63.4 Å². The maximum Gasteiger partial charge on any atom is 0.417 e. The molecule has 0 spiro atoms. The van der Waals surface area contributed by atoms with E-state index >= 15 is 0 Å². The summed E-state index contributed by atoms with van der Waals surface area (Å²) in [7, 11) is 0. The van der Waals surface area contributed by atoms with Gasteiger partial charge >= 0.3 is 6.18 Å². The van der Waals surface area contributed by atoms with E-state index in [1.54, 1.807) is 6.08 Å². The molecule has 1 aromatic carbocycles. The molecule has 1 aromatic heterocycles. The van der Waals surface area contributed by atoms with Crippen LogP contribution in [0.5, 0.6) is 11.5 Å². The number of rotatable bonds is 12. The first kappa shape index (κ1) is 26.3. The van der Waals surface area contributed by atoms with Crippen molar-refractivity contribution in [3.8, 4) is 11.5 Å². The van der Waals surface area contributed by atoms with E-state index < -0.39 is 11.7 Å². The number of nitrogens with zero attached hydrogens (tertiary/aromatic N) is 1. The fourth-order valence-electron chi connectivity index (χ4n) is 3.00. The second-order valence-electron chi connectivity index (χ2n) is 7.00. The van der Waals surface area contributed by atoms with E-state index in [4.69, 9.17) is 32.7 Å². The van der Waals surface area contributed by atoms with Crippen LogP contribution < -0.4 is 14.8 Å². The maximum absolute atomic E-state index is 12.6. The average molecular weight is 491 g/mol. The molecule has 0 aliphatic carbocycles. The van der Waals surface area contributed by atoms with Gasteiger partial charge in [-0.2, -0.15) is 13.2 Å². The molecule has 0 atom stereocenters. The summed E-state index contributed by atoms with van der Waals surface area (Å²) in [4.78, 5) is 3.85. The maximum atomic E-state index is 12.6. The molecular weight excluding hydrogens is 464 g/mol. The van der Waals surface area contributed by atoms with Crippen LogP contribution in [0.25, 0.3) is 0 Å². The van der Waals surface area contributed by atoms with Crippen LogP contribution >= 0.6 is 23.2 Å². The van der Waals surface area contributed by atoms with E-state index in [1.807, 2.05) is 12.1 Å². The van der Waals surface area contributed by atoms with Crippen LogP contribution in [0.2, 0.25) is 0 Å². The lowest BCUT2D eigenvalue weighted by Gasteiger charge is -2.17. The Kier molecular flexibility index (Phi) is 10.6. The fourth-order valence-corrected chi connectivity index (χ4v) is 3.13. The lowest BCUT2D eigenvalue weighted by molar-refractivity contribution is -0.137. The standard InChI is InChI=1S/C23H27Cl2F3N2O2/c1-3-16-12-20(31-11-8-21(24)25)13-17(4-2)22(16)32-10-5-9-29-15-19-7-6-18(14-30-19)23(26,27)28/h6-8,12-14,29H,3-5,9-11,15H2,1-2H3. The molecule has 9 heteroatoms. The number of benzene rings is 1. The molecule has 0 unspecified atom stereocenters. The average Bonchev–Trinajstić information content (AvgIpc) is 2.75. The highest BCUT2D eigenvalue weighted by Gasteiger charge is 2.30. The van der Waals surface area contributed by atoms with Gasteiger partial charge in [-0.05, 0) is 67.3 Å². The Labute approximate surface area is 196 Å². The Morgan fingerprint density at radius 3 is 2.31 bits per heavy atom. The van der Waals surface area contributed by atoms with E-state index in [1.165, 1.54) is 6.07 Å². The highest BCUT2D eigenvalue weighted by Crippen LogP contribution is 2.31. The molecule has 0 radical (unpaired) electrons. The van der Waals surface area contributed by atoms with Gasteiger partial charge in [0.05, 0.1) is 17.9 Å². The van der Waals surface area contributed by atoms with E-state index in [0.717, 1.165) is 54.2 Å². The van der Waals surface area contributed by atoms with Gasteiger partial charge in [0, 0.05) is 12.7 Å². The molecule has 4 nitrogen and oxygen atoms in total. The van der Waals surface area contributed by atoms with Crippen LogP contribution in [-0.2, 0) is 25.6 Å². The summed E-state index contributed by atoms with van der Waals surface area (Å²) >= 11 is 11.2. The summed E-state index contributed by atoms with van der Waals surface area (Å²) < 4.78 is 49.7. The minimum absolute atomic E-state index is 0.166. The molecule has 2 aromatic rings. The number of halogens is 5. The monoisotopic (exact) mass is 490 g/mol. The van der Waals surface area contributed by atoms with Gasteiger partial charge in [-0.15, -0.1) is 0 Å². The van der Waals surface area contributed by atoms with Gasteiger partial charge in [0.1, 0.15) is 22.6 Å². The predicted octanol–water partition coefficient (Wildman–Crippen LogP) is 6.48. The molecule has 2 rings (SSSR count). The lowest BCUT2D eigenvalue weighted by Crippen LogP contribution is -2.18. The minimum Gasteiger partial charge on any atom is -0.493 e. The number of aromatic nitrogens is 1. The number of hydrogen-bond donors (Lipinski definition) is 1. The van der Waals surface area contributed by atoms with Gasteiger partial charge in [0.25, 0.3) is 0 Å². The van der Waals surface area contributed by atoms with E-state index in [-0.39, 0.29) is 11.1 Å². The summed E-state index contributed by atoms with van der Waals surface area (Å²) in [6.07, 6.45) is 0.395. The van der Waals surface area contributed by atoms with E-state index in [0.29, 0.717) is 25.4 Å². The molecule has 0 saturated carbocycles. The Balaban J connectivity index is 1.83. The molecule has 0 aliphatic rings. The van der Waals surface area contributed by atoms with Crippen LogP contribution in [0.3, 0.4) is 0 Å². The van der Waals surface area contributed by atoms with Crippen molar-refractivity contribution in [2.24, 2.45) is 0 Å². The molecular formula is C23H27Cl2F3N2O2. The number of pyridine rings is 1. The van der Waals surface area contributed by atoms with Crippen LogP contribution in [0, 0.1) is 0 Å². The highest BCUT2D eigenvalue weighted by molar-refractivity contribution is 6.55. The summed E-state index contributed by atoms with van der Waals surface area (Å²) in [6.45, 7) is 5.95. The van der Waals surface area contributed by atoms with Crippen molar-refractivity contribution < 1.29 is 22.6 Å². The Morgan fingerprint density at radius 1 is 1.09 bits per heavy atom. The zero-order valence-electron chi connectivity index (χ0n) is 18.1. The number of alkyl halides is 3. The SMILES string of the molecule is CCc1cc(OCC=C(Cl)Cl)cc(CC)c1OCCCNCc1ccc(C(F)(F)F)cn1. The second-order valence-corrected chi connectivity index (χ2v) is 8.01. The van der Waals surface area contributed by atoms with Crippen LogP contribution in [-0.4, -0.2) is 24.7 Å². The highest BCUT2D eigenvalue weighted by atomic mass is 35.5. The molecule has 0 bridgehead atoms. The van der Waals surface area contributed by atoms with Gasteiger partial charge in [-0.1, -0.05) is 37.0 Å². The predicted molar refractivity (Wildman–Crippen MR) is 122 cm³/mol. The fraction of sp³-hybridized carbons (Fsp3) is 0.435. The van der Waals surface area contributed by atoms with Crippen molar-refractivity contribution in [3.63, 3.8) is 0 Å². The van der Waals surface area contributed by atoms with Crippen molar-refractivity contribution in [1.82, 2.24) is 10.3 Å². The summed E-state index contributed by atoms with van der Waals surface area (Å²) in [5, 5.41) is 3.17. The lowest BCUT2D eigenvalue weighted by atomic mass is 10.0. The first-order chi connectivity index (χ1) is 15.2. The smallest absolute Gasteiger partial charge is 0.417 e. The van der Waals surface area contributed by atoms with Crippen molar-refractivity contribution in [2.45, 2.75) is 45.8 Å². The number of ether oxygens (including phenoxy) is 2. The van der Waals surface area contributed by atoms with Crippen molar-refractivity contribution in [2.75, 3.05) is 19.8 Å².